The highest BCUT2D eigenvalue weighted by molar-refractivity contribution is 5.92. The van der Waals surface area contributed by atoms with Crippen LogP contribution in [0.1, 0.15) is 0 Å². The molecule has 150 valence electrons. The maximum atomic E-state index is 13.1. The van der Waals surface area contributed by atoms with Crippen molar-refractivity contribution in [3.05, 3.63) is 68.7 Å². The normalized spacial score (nSPS) is 10.7. The Balaban J connectivity index is 1.63. The lowest BCUT2D eigenvalue weighted by Gasteiger charge is -2.07. The highest BCUT2D eigenvalue weighted by atomic mass is 19.1. The SMILES string of the molecule is O=C(COC(=O)Cn1c(=O)oc2cc([N+](=O)[O-])ccc21)Nc1cc(F)cc(F)c1. The van der Waals surface area contributed by atoms with Gasteiger partial charge in [-0.15, -0.1) is 0 Å². The number of nitro groups is 1. The third kappa shape index (κ3) is 4.61. The zero-order valence-corrected chi connectivity index (χ0v) is 14.4. The van der Waals surface area contributed by atoms with Gasteiger partial charge in [-0.1, -0.05) is 0 Å². The Morgan fingerprint density at radius 1 is 1.17 bits per heavy atom. The van der Waals surface area contributed by atoms with Crippen molar-refractivity contribution in [1.29, 1.82) is 0 Å². The summed E-state index contributed by atoms with van der Waals surface area (Å²) in [4.78, 5) is 45.6. The Hall–Kier alpha value is -4.09. The van der Waals surface area contributed by atoms with E-state index in [1.165, 1.54) is 6.07 Å². The zero-order chi connectivity index (χ0) is 21.1. The van der Waals surface area contributed by atoms with Gasteiger partial charge in [0.25, 0.3) is 11.6 Å². The molecule has 0 aliphatic heterocycles. The van der Waals surface area contributed by atoms with Crippen LogP contribution in [0.2, 0.25) is 0 Å². The summed E-state index contributed by atoms with van der Waals surface area (Å²) >= 11 is 0. The number of fused-ring (bicyclic) bond motifs is 1. The van der Waals surface area contributed by atoms with Gasteiger partial charge in [0.1, 0.15) is 18.2 Å². The number of hydrogen-bond acceptors (Lipinski definition) is 7. The van der Waals surface area contributed by atoms with Crippen LogP contribution in [0.4, 0.5) is 20.2 Å². The van der Waals surface area contributed by atoms with Gasteiger partial charge >= 0.3 is 11.7 Å². The van der Waals surface area contributed by atoms with Crippen molar-refractivity contribution in [3.8, 4) is 0 Å². The van der Waals surface area contributed by atoms with E-state index in [1.54, 1.807) is 0 Å². The molecule has 10 nitrogen and oxygen atoms in total. The fourth-order valence-corrected chi connectivity index (χ4v) is 2.46. The molecule has 1 heterocycles. The van der Waals surface area contributed by atoms with Gasteiger partial charge in [0, 0.05) is 17.8 Å². The number of non-ortho nitro benzene ring substituents is 1. The molecule has 2 aromatic carbocycles. The summed E-state index contributed by atoms with van der Waals surface area (Å²) in [5, 5.41) is 12.9. The van der Waals surface area contributed by atoms with Crippen LogP contribution in [0.5, 0.6) is 0 Å². The summed E-state index contributed by atoms with van der Waals surface area (Å²) in [6, 6.07) is 5.77. The number of anilines is 1. The van der Waals surface area contributed by atoms with Crippen LogP contribution in [-0.4, -0.2) is 28.0 Å². The molecule has 0 saturated heterocycles. The zero-order valence-electron chi connectivity index (χ0n) is 14.4. The molecule has 0 spiro atoms. The quantitative estimate of drug-likeness (QED) is 0.375. The Labute approximate surface area is 159 Å². The first-order chi connectivity index (χ1) is 13.7. The standard InChI is InChI=1S/C17H11F2N3O7/c18-9-3-10(19)5-11(4-9)20-15(23)8-28-16(24)7-21-13-2-1-12(22(26)27)6-14(13)29-17(21)25/h1-6H,7-8H2,(H,20,23). The van der Waals surface area contributed by atoms with Crippen LogP contribution in [0.25, 0.3) is 11.1 Å². The molecular weight excluding hydrogens is 396 g/mol. The largest absolute Gasteiger partial charge is 0.454 e. The minimum atomic E-state index is -0.978. The highest BCUT2D eigenvalue weighted by Gasteiger charge is 2.17. The number of carbonyl (C=O) groups is 2. The van der Waals surface area contributed by atoms with Crippen LogP contribution >= 0.6 is 0 Å². The number of nitrogens with one attached hydrogen (secondary N) is 1. The number of rotatable bonds is 6. The molecule has 0 fully saturated rings. The van der Waals surface area contributed by atoms with E-state index in [1.807, 2.05) is 0 Å². The molecule has 0 aliphatic rings. The third-order valence-corrected chi connectivity index (χ3v) is 3.66. The molecule has 0 unspecified atom stereocenters. The van der Waals surface area contributed by atoms with Crippen molar-refractivity contribution in [2.24, 2.45) is 0 Å². The Kier molecular flexibility index (Phi) is 5.34. The van der Waals surface area contributed by atoms with Crippen molar-refractivity contribution in [3.63, 3.8) is 0 Å². The molecule has 0 aliphatic carbocycles. The maximum Gasteiger partial charge on any atom is 0.420 e. The third-order valence-electron chi connectivity index (χ3n) is 3.66. The first-order valence-electron chi connectivity index (χ1n) is 7.92. The number of carbonyl (C=O) groups excluding carboxylic acids is 2. The number of benzene rings is 2. The summed E-state index contributed by atoms with van der Waals surface area (Å²) in [5.41, 5.74) is -0.436. The van der Waals surface area contributed by atoms with Gasteiger partial charge < -0.3 is 14.5 Å². The highest BCUT2D eigenvalue weighted by Crippen LogP contribution is 2.20. The number of amides is 1. The van der Waals surface area contributed by atoms with Gasteiger partial charge in [0.05, 0.1) is 16.5 Å². The van der Waals surface area contributed by atoms with Crippen LogP contribution in [0.15, 0.2) is 45.6 Å². The molecule has 0 radical (unpaired) electrons. The predicted molar refractivity (Wildman–Crippen MR) is 93.1 cm³/mol. The van der Waals surface area contributed by atoms with E-state index in [0.29, 0.717) is 6.07 Å². The van der Waals surface area contributed by atoms with Gasteiger partial charge in [-0.25, -0.2) is 13.6 Å². The second-order valence-corrected chi connectivity index (χ2v) is 5.73. The fourth-order valence-electron chi connectivity index (χ4n) is 2.46. The summed E-state index contributed by atoms with van der Waals surface area (Å²) in [5.74, 6) is -4.58. The van der Waals surface area contributed by atoms with E-state index < -0.39 is 47.3 Å². The van der Waals surface area contributed by atoms with Gasteiger partial charge in [0.2, 0.25) is 0 Å². The number of halogens is 2. The number of hydrogen-bond donors (Lipinski definition) is 1. The average molecular weight is 407 g/mol. The molecule has 3 aromatic rings. The van der Waals surface area contributed by atoms with Crippen molar-refractivity contribution in [2.75, 3.05) is 11.9 Å². The Bertz CT molecular complexity index is 1170. The van der Waals surface area contributed by atoms with Crippen LogP contribution in [-0.2, 0) is 20.9 Å². The summed E-state index contributed by atoms with van der Waals surface area (Å²) < 4.78 is 36.6. The van der Waals surface area contributed by atoms with E-state index in [9.17, 15) is 33.3 Å². The van der Waals surface area contributed by atoms with Crippen molar-refractivity contribution < 1.29 is 32.4 Å². The predicted octanol–water partition coefficient (Wildman–Crippen LogP) is 1.96. The lowest BCUT2D eigenvalue weighted by Crippen LogP contribution is -2.25. The van der Waals surface area contributed by atoms with Gasteiger partial charge in [-0.2, -0.15) is 0 Å². The number of nitro benzene ring substituents is 1. The van der Waals surface area contributed by atoms with E-state index in [4.69, 9.17) is 9.15 Å². The van der Waals surface area contributed by atoms with Crippen LogP contribution in [0, 0.1) is 21.7 Å². The molecule has 1 amide bonds. The van der Waals surface area contributed by atoms with E-state index in [2.05, 4.69) is 5.32 Å². The van der Waals surface area contributed by atoms with Gasteiger partial charge in [-0.3, -0.25) is 24.3 Å². The molecule has 1 aromatic heterocycles. The monoisotopic (exact) mass is 407 g/mol. The number of nitrogens with zero attached hydrogens (tertiary/aromatic N) is 2. The Morgan fingerprint density at radius 2 is 1.86 bits per heavy atom. The molecule has 1 N–H and O–H groups in total. The lowest BCUT2D eigenvalue weighted by molar-refractivity contribution is -0.384. The maximum absolute atomic E-state index is 13.1. The number of oxazole rings is 1. The average Bonchev–Trinajstić information content (AvgIpc) is 2.93. The topological polar surface area (TPSA) is 134 Å². The summed E-state index contributed by atoms with van der Waals surface area (Å²) in [7, 11) is 0. The second-order valence-electron chi connectivity index (χ2n) is 5.73. The van der Waals surface area contributed by atoms with E-state index in [0.717, 1.165) is 28.8 Å². The molecular formula is C17H11F2N3O7. The molecule has 0 saturated carbocycles. The Morgan fingerprint density at radius 3 is 2.52 bits per heavy atom. The number of aromatic nitrogens is 1. The van der Waals surface area contributed by atoms with Crippen molar-refractivity contribution in [2.45, 2.75) is 6.54 Å². The number of ether oxygens (including phenoxy) is 1. The summed E-state index contributed by atoms with van der Waals surface area (Å²) in [6.07, 6.45) is 0. The minimum Gasteiger partial charge on any atom is -0.454 e. The first kappa shape index (κ1) is 19.7. The molecule has 0 atom stereocenters. The van der Waals surface area contributed by atoms with Crippen LogP contribution in [0.3, 0.4) is 0 Å². The summed E-state index contributed by atoms with van der Waals surface area (Å²) in [6.45, 7) is -1.39. The fraction of sp³-hybridized carbons (Fsp3) is 0.118. The van der Waals surface area contributed by atoms with E-state index >= 15 is 0 Å². The lowest BCUT2D eigenvalue weighted by atomic mass is 10.3. The van der Waals surface area contributed by atoms with E-state index in [-0.39, 0.29) is 22.5 Å². The molecule has 12 heteroatoms. The minimum absolute atomic E-state index is 0.0946. The van der Waals surface area contributed by atoms with Crippen LogP contribution < -0.4 is 11.1 Å². The second kappa shape index (κ2) is 7.88. The molecule has 0 bridgehead atoms. The van der Waals surface area contributed by atoms with Gasteiger partial charge in [-0.05, 0) is 18.2 Å². The molecule has 3 rings (SSSR count). The molecule has 29 heavy (non-hydrogen) atoms. The first-order valence-corrected chi connectivity index (χ1v) is 7.92. The van der Waals surface area contributed by atoms with Crippen molar-refractivity contribution in [1.82, 2.24) is 4.57 Å². The van der Waals surface area contributed by atoms with Crippen molar-refractivity contribution >= 4 is 34.4 Å². The smallest absolute Gasteiger partial charge is 0.420 e. The number of esters is 1. The van der Waals surface area contributed by atoms with Gasteiger partial charge in [0.15, 0.2) is 12.2 Å².